The Kier molecular flexibility index (Phi) is 23.3. The summed E-state index contributed by atoms with van der Waals surface area (Å²) >= 11 is 12.1. The maximum Gasteiger partial charge on any atom is 0.416 e. The van der Waals surface area contributed by atoms with E-state index in [0.717, 1.165) is 133 Å². The van der Waals surface area contributed by atoms with E-state index in [0.29, 0.717) is 47.8 Å². The van der Waals surface area contributed by atoms with E-state index in [1.54, 1.807) is 0 Å². The highest BCUT2D eigenvalue weighted by atomic mass is 35.5. The van der Waals surface area contributed by atoms with E-state index in [-0.39, 0.29) is 23.0 Å². The van der Waals surface area contributed by atoms with Crippen molar-refractivity contribution in [2.75, 3.05) is 59.6 Å². The van der Waals surface area contributed by atoms with E-state index in [1.165, 1.54) is 24.3 Å². The van der Waals surface area contributed by atoms with Crippen molar-refractivity contribution in [2.45, 2.75) is 121 Å². The van der Waals surface area contributed by atoms with Crippen molar-refractivity contribution in [1.29, 1.82) is 0 Å². The van der Waals surface area contributed by atoms with Crippen molar-refractivity contribution in [2.24, 2.45) is 11.8 Å². The molecule has 3 unspecified atom stereocenters. The molecule has 0 amide bonds. The maximum atomic E-state index is 13.3. The molecule has 4 aromatic carbocycles. The second-order valence-corrected chi connectivity index (χ2v) is 18.9. The van der Waals surface area contributed by atoms with Crippen LogP contribution in [0.4, 0.5) is 26.3 Å². The number of aliphatic hydroxyl groups is 2. The van der Waals surface area contributed by atoms with Gasteiger partial charge in [0.2, 0.25) is 0 Å². The molecule has 388 valence electrons. The van der Waals surface area contributed by atoms with Crippen LogP contribution in [0, 0.1) is 11.8 Å². The Morgan fingerprint density at radius 3 is 1.40 bits per heavy atom. The van der Waals surface area contributed by atoms with Crippen LogP contribution in [-0.2, 0) is 28.0 Å². The van der Waals surface area contributed by atoms with E-state index in [2.05, 4.69) is 9.80 Å². The number of hydrogen-bond donors (Lipinski definition) is 2. The lowest BCUT2D eigenvalue weighted by Crippen LogP contribution is -2.52. The number of alkyl halides is 6. The van der Waals surface area contributed by atoms with Gasteiger partial charge in [-0.1, -0.05) is 88.0 Å². The summed E-state index contributed by atoms with van der Waals surface area (Å²) in [5.41, 5.74) is 0.256. The van der Waals surface area contributed by atoms with Gasteiger partial charge in [0.05, 0.1) is 42.4 Å². The van der Waals surface area contributed by atoms with Gasteiger partial charge in [0, 0.05) is 54.0 Å². The molecular weight excluding hydrogens is 954 g/mol. The van der Waals surface area contributed by atoms with Gasteiger partial charge in [0.15, 0.2) is 5.78 Å². The second kappa shape index (κ2) is 27.8. The minimum absolute atomic E-state index is 0.200. The summed E-state index contributed by atoms with van der Waals surface area (Å²) in [6.45, 7) is 13.3. The van der Waals surface area contributed by atoms with Gasteiger partial charge in [-0.3, -0.25) is 9.69 Å². The molecule has 7 nitrogen and oxygen atoms in total. The standard InChI is InChI=1S/C25H29ClF3NO2.C25H27ClF3NO2.2C2H6.CH4O/c2*26-21-8-4-19(5-9-21)24(12-2-13-24)23(31)16-30-14-1-3-18(15-30)17-32-22-10-6-20(7-11-22)25(27,28)29;3*1-2/h4-11,18,23,31H,1-3,12-17H2;4-11,18H,1-3,12-17H2;2*1-2H3;2H,1H3. The highest BCUT2D eigenvalue weighted by Gasteiger charge is 2.47. The summed E-state index contributed by atoms with van der Waals surface area (Å²) in [7, 11) is 1.00. The molecule has 2 heterocycles. The second-order valence-electron chi connectivity index (χ2n) is 18.1. The third-order valence-corrected chi connectivity index (χ3v) is 14.3. The number of Topliss-reactive ketones (excluding diaryl/α,β-unsaturated/α-hetero) is 1. The van der Waals surface area contributed by atoms with E-state index in [1.807, 2.05) is 76.2 Å². The quantitative estimate of drug-likeness (QED) is 0.122. The smallest absolute Gasteiger partial charge is 0.416 e. The molecule has 0 aromatic heterocycles. The van der Waals surface area contributed by atoms with Crippen molar-refractivity contribution in [3.8, 4) is 11.5 Å². The molecule has 2 saturated carbocycles. The minimum Gasteiger partial charge on any atom is -0.493 e. The fourth-order valence-corrected chi connectivity index (χ4v) is 10.00. The largest absolute Gasteiger partial charge is 0.493 e. The number of carbonyl (C=O) groups is 1. The van der Waals surface area contributed by atoms with Crippen LogP contribution in [0.5, 0.6) is 11.5 Å². The molecule has 3 atom stereocenters. The predicted molar refractivity (Wildman–Crippen MR) is 268 cm³/mol. The Bertz CT molecular complexity index is 2110. The number of carbonyl (C=O) groups excluding carboxylic acids is 1. The molecule has 2 saturated heterocycles. The predicted octanol–water partition coefficient (Wildman–Crippen LogP) is 13.7. The van der Waals surface area contributed by atoms with E-state index in [9.17, 15) is 36.2 Å². The van der Waals surface area contributed by atoms with Crippen molar-refractivity contribution in [3.63, 3.8) is 0 Å². The third-order valence-electron chi connectivity index (χ3n) is 13.8. The number of piperidine rings is 2. The zero-order valence-electron chi connectivity index (χ0n) is 41.2. The summed E-state index contributed by atoms with van der Waals surface area (Å²) in [5.74, 6) is 1.67. The van der Waals surface area contributed by atoms with E-state index < -0.39 is 35.0 Å². The van der Waals surface area contributed by atoms with Gasteiger partial charge in [-0.2, -0.15) is 26.3 Å². The number of aliphatic hydroxyl groups excluding tert-OH is 2. The maximum absolute atomic E-state index is 13.3. The number of hydrogen-bond acceptors (Lipinski definition) is 7. The summed E-state index contributed by atoms with van der Waals surface area (Å²) in [5, 5.41) is 19.6. The number of ether oxygens (including phenoxy) is 2. The summed E-state index contributed by atoms with van der Waals surface area (Å²) in [6, 6.07) is 25.1. The summed E-state index contributed by atoms with van der Waals surface area (Å²) in [6.07, 6.45) is 0.713. The van der Waals surface area contributed by atoms with Crippen LogP contribution in [0.15, 0.2) is 97.1 Å². The van der Waals surface area contributed by atoms with Gasteiger partial charge in [0.25, 0.3) is 0 Å². The molecule has 70 heavy (non-hydrogen) atoms. The monoisotopic (exact) mass is 1020 g/mol. The Labute approximate surface area is 421 Å². The Balaban J connectivity index is 0.000000275. The average molecular weight is 1030 g/mol. The van der Waals surface area contributed by atoms with Gasteiger partial charge >= 0.3 is 12.4 Å². The van der Waals surface area contributed by atoms with Gasteiger partial charge in [-0.25, -0.2) is 0 Å². The Morgan fingerprint density at radius 1 is 0.614 bits per heavy atom. The first-order valence-corrected chi connectivity index (χ1v) is 25.5. The van der Waals surface area contributed by atoms with Crippen LogP contribution < -0.4 is 9.47 Å². The van der Waals surface area contributed by atoms with Crippen molar-refractivity contribution in [1.82, 2.24) is 9.80 Å². The fraction of sp³-hybridized carbons (Fsp3) is 0.545. The number of halogens is 8. The van der Waals surface area contributed by atoms with Gasteiger partial charge in [-0.15, -0.1) is 0 Å². The van der Waals surface area contributed by atoms with E-state index >= 15 is 0 Å². The van der Waals surface area contributed by atoms with Crippen molar-refractivity contribution >= 4 is 29.0 Å². The zero-order chi connectivity index (χ0) is 51.5. The molecule has 8 rings (SSSR count). The summed E-state index contributed by atoms with van der Waals surface area (Å²) < 4.78 is 87.8. The van der Waals surface area contributed by atoms with Crippen molar-refractivity contribution in [3.05, 3.63) is 129 Å². The topological polar surface area (TPSA) is 82.5 Å². The van der Waals surface area contributed by atoms with Crippen LogP contribution >= 0.6 is 23.2 Å². The minimum atomic E-state index is -4.35. The first-order valence-electron chi connectivity index (χ1n) is 24.8. The lowest BCUT2D eigenvalue weighted by molar-refractivity contribution is -0.138. The number of ketones is 1. The van der Waals surface area contributed by atoms with Gasteiger partial charge in [0.1, 0.15) is 11.5 Å². The molecule has 0 radical (unpaired) electrons. The molecular formula is C55H72Cl2F6N2O5. The summed E-state index contributed by atoms with van der Waals surface area (Å²) in [4.78, 5) is 17.8. The van der Waals surface area contributed by atoms with E-state index in [4.69, 9.17) is 37.8 Å². The van der Waals surface area contributed by atoms with Crippen LogP contribution in [0.25, 0.3) is 0 Å². The molecule has 0 spiro atoms. The molecule has 4 fully saturated rings. The highest BCUT2D eigenvalue weighted by molar-refractivity contribution is 6.30. The lowest BCUT2D eigenvalue weighted by Gasteiger charge is -2.48. The van der Waals surface area contributed by atoms with Gasteiger partial charge < -0.3 is 24.6 Å². The molecule has 2 N–H and O–H groups in total. The molecule has 15 heteroatoms. The third kappa shape index (κ3) is 16.1. The fourth-order valence-electron chi connectivity index (χ4n) is 9.75. The number of β-amino-alcohol motifs (C(OH)–C–C–N with tert-alkyl or cyclic N) is 1. The molecule has 4 aliphatic rings. The first-order chi connectivity index (χ1) is 33.5. The van der Waals surface area contributed by atoms with Gasteiger partial charge in [-0.05, 0) is 148 Å². The number of benzene rings is 4. The molecule has 2 aliphatic heterocycles. The molecule has 4 aromatic rings. The van der Waals surface area contributed by atoms with Crippen LogP contribution in [-0.4, -0.2) is 91.5 Å². The number of likely N-dealkylation sites (tertiary alicyclic amines) is 2. The number of nitrogens with zero attached hydrogens (tertiary/aromatic N) is 2. The normalized spacial score (nSPS) is 20.0. The highest BCUT2D eigenvalue weighted by Crippen LogP contribution is 2.48. The Hall–Kier alpha value is -3.85. The molecule has 0 bridgehead atoms. The average Bonchev–Trinajstić information content (AvgIpc) is 3.33. The Morgan fingerprint density at radius 2 is 1.01 bits per heavy atom. The number of rotatable bonds is 14. The van der Waals surface area contributed by atoms with Crippen LogP contribution in [0.2, 0.25) is 10.0 Å². The SMILES string of the molecule is CC.CC.CO.O=C(CN1CCCC(COc2ccc(C(F)(F)F)cc2)C1)C1(c2ccc(Cl)cc2)CCC1.OC(CN1CCCC(COc2ccc(C(F)(F)F)cc2)C1)C1(c2ccc(Cl)cc2)CCC1. The van der Waals surface area contributed by atoms with Crippen molar-refractivity contribution < 1.29 is 50.8 Å². The zero-order valence-corrected chi connectivity index (χ0v) is 42.7. The molecule has 2 aliphatic carbocycles. The van der Waals surface area contributed by atoms with Crippen LogP contribution in [0.3, 0.4) is 0 Å². The lowest BCUT2D eigenvalue weighted by atomic mass is 9.61. The first kappa shape index (κ1) is 58.7. The van der Waals surface area contributed by atoms with Crippen LogP contribution in [0.1, 0.15) is 114 Å².